The van der Waals surface area contributed by atoms with Crippen LogP contribution in [0.25, 0.3) is 0 Å². The number of Topliss-reactive ketones (excluding diaryl/α,β-unsaturated/α-hetero) is 1. The van der Waals surface area contributed by atoms with Gasteiger partial charge in [0.15, 0.2) is 5.78 Å². The zero-order valence-electron chi connectivity index (χ0n) is 7.13. The third-order valence-electron chi connectivity index (χ3n) is 1.53. The van der Waals surface area contributed by atoms with E-state index in [1.54, 1.807) is 18.2 Å². The highest BCUT2D eigenvalue weighted by molar-refractivity contribution is 5.96. The average molecular weight is 177 g/mol. The van der Waals surface area contributed by atoms with Crippen molar-refractivity contribution >= 4 is 17.5 Å². The number of ketones is 1. The van der Waals surface area contributed by atoms with Gasteiger partial charge in [-0.1, -0.05) is 12.1 Å². The Morgan fingerprint density at radius 2 is 2.08 bits per heavy atom. The highest BCUT2D eigenvalue weighted by Gasteiger charge is 2.01. The fourth-order valence-corrected chi connectivity index (χ4v) is 0.947. The SMILES string of the molecule is CC(=O)c1cccc(NC([NH])=O)c1. The summed E-state index contributed by atoms with van der Waals surface area (Å²) in [5.41, 5.74) is 7.64. The van der Waals surface area contributed by atoms with Gasteiger partial charge in [-0.2, -0.15) is 0 Å². The first-order valence-corrected chi connectivity index (χ1v) is 3.73. The van der Waals surface area contributed by atoms with Gasteiger partial charge in [-0.3, -0.25) is 4.79 Å². The van der Waals surface area contributed by atoms with Gasteiger partial charge in [-0.05, 0) is 19.1 Å². The summed E-state index contributed by atoms with van der Waals surface area (Å²) in [4.78, 5) is 21.3. The molecule has 13 heavy (non-hydrogen) atoms. The zero-order chi connectivity index (χ0) is 9.84. The van der Waals surface area contributed by atoms with E-state index in [0.29, 0.717) is 11.3 Å². The summed E-state index contributed by atoms with van der Waals surface area (Å²) in [6.45, 7) is 1.45. The maximum absolute atomic E-state index is 10.9. The molecule has 1 radical (unpaired) electrons. The number of benzene rings is 1. The van der Waals surface area contributed by atoms with Crippen LogP contribution in [0.1, 0.15) is 17.3 Å². The lowest BCUT2D eigenvalue weighted by Gasteiger charge is -2.01. The molecule has 0 aliphatic carbocycles. The maximum Gasteiger partial charge on any atom is 0.337 e. The Hall–Kier alpha value is -1.84. The van der Waals surface area contributed by atoms with Crippen molar-refractivity contribution in [2.75, 3.05) is 5.32 Å². The minimum absolute atomic E-state index is 0.0684. The summed E-state index contributed by atoms with van der Waals surface area (Å²) in [6.07, 6.45) is 0. The smallest absolute Gasteiger partial charge is 0.307 e. The summed E-state index contributed by atoms with van der Waals surface area (Å²) in [7, 11) is 0. The van der Waals surface area contributed by atoms with Crippen molar-refractivity contribution < 1.29 is 9.59 Å². The number of nitrogens with one attached hydrogen (secondary N) is 2. The molecule has 1 aromatic rings. The van der Waals surface area contributed by atoms with E-state index in [2.05, 4.69) is 5.32 Å². The predicted octanol–water partition coefficient (Wildman–Crippen LogP) is 1.70. The molecule has 4 nitrogen and oxygen atoms in total. The Kier molecular flexibility index (Phi) is 2.64. The van der Waals surface area contributed by atoms with E-state index in [4.69, 9.17) is 5.73 Å². The molecule has 0 saturated heterocycles. The highest BCUT2D eigenvalue weighted by atomic mass is 16.2. The number of hydrogen-bond acceptors (Lipinski definition) is 2. The number of rotatable bonds is 2. The maximum atomic E-state index is 10.9. The number of amides is 2. The van der Waals surface area contributed by atoms with E-state index >= 15 is 0 Å². The van der Waals surface area contributed by atoms with Crippen molar-refractivity contribution in [1.82, 2.24) is 5.73 Å². The van der Waals surface area contributed by atoms with Gasteiger partial charge in [0.2, 0.25) is 0 Å². The Morgan fingerprint density at radius 3 is 2.62 bits per heavy atom. The summed E-state index contributed by atoms with van der Waals surface area (Å²) < 4.78 is 0. The van der Waals surface area contributed by atoms with Gasteiger partial charge in [0.05, 0.1) is 0 Å². The van der Waals surface area contributed by atoms with E-state index in [0.717, 1.165) is 0 Å². The van der Waals surface area contributed by atoms with Crippen molar-refractivity contribution in [3.8, 4) is 0 Å². The summed E-state index contributed by atoms with van der Waals surface area (Å²) in [6, 6.07) is 5.58. The Bertz CT molecular complexity index is 347. The third-order valence-corrected chi connectivity index (χ3v) is 1.53. The zero-order valence-corrected chi connectivity index (χ0v) is 7.13. The molecule has 1 rings (SSSR count). The Labute approximate surface area is 75.7 Å². The van der Waals surface area contributed by atoms with E-state index in [-0.39, 0.29) is 5.78 Å². The van der Waals surface area contributed by atoms with Crippen LogP contribution < -0.4 is 11.1 Å². The highest BCUT2D eigenvalue weighted by Crippen LogP contribution is 2.10. The Morgan fingerprint density at radius 1 is 1.38 bits per heavy atom. The van der Waals surface area contributed by atoms with Crippen molar-refractivity contribution in [1.29, 1.82) is 0 Å². The summed E-state index contributed by atoms with van der Waals surface area (Å²) in [5, 5.41) is 2.28. The van der Waals surface area contributed by atoms with Crippen LogP contribution in [0.5, 0.6) is 0 Å². The van der Waals surface area contributed by atoms with Crippen LogP contribution in [0.3, 0.4) is 0 Å². The first-order valence-electron chi connectivity index (χ1n) is 3.73. The number of carbonyl (C=O) groups is 2. The molecule has 0 fully saturated rings. The van der Waals surface area contributed by atoms with Gasteiger partial charge >= 0.3 is 6.03 Å². The van der Waals surface area contributed by atoms with Crippen molar-refractivity contribution in [3.05, 3.63) is 29.8 Å². The molecule has 0 unspecified atom stereocenters. The van der Waals surface area contributed by atoms with Crippen molar-refractivity contribution in [2.24, 2.45) is 0 Å². The van der Waals surface area contributed by atoms with Gasteiger partial charge in [0.25, 0.3) is 0 Å². The molecule has 0 atom stereocenters. The van der Waals surface area contributed by atoms with Crippen LogP contribution in [0.2, 0.25) is 0 Å². The number of urea groups is 1. The molecule has 2 amide bonds. The standard InChI is InChI=1S/C9H9N2O2/c1-6(12)7-3-2-4-8(5-7)11-9(10)13/h2-5,10H,1H3,(H,11,13). The van der Waals surface area contributed by atoms with E-state index in [9.17, 15) is 9.59 Å². The molecule has 0 heterocycles. The lowest BCUT2D eigenvalue weighted by molar-refractivity contribution is 0.101. The molecule has 1 aromatic carbocycles. The molecule has 0 aliphatic heterocycles. The summed E-state index contributed by atoms with van der Waals surface area (Å²) >= 11 is 0. The second-order valence-corrected chi connectivity index (χ2v) is 2.59. The first-order chi connectivity index (χ1) is 6.09. The lowest BCUT2D eigenvalue weighted by Crippen LogP contribution is -2.09. The third kappa shape index (κ3) is 2.59. The van der Waals surface area contributed by atoms with Crippen LogP contribution >= 0.6 is 0 Å². The van der Waals surface area contributed by atoms with Gasteiger partial charge in [0, 0.05) is 11.3 Å². The quantitative estimate of drug-likeness (QED) is 0.698. The number of carbonyl (C=O) groups excluding carboxylic acids is 2. The van der Waals surface area contributed by atoms with Gasteiger partial charge < -0.3 is 5.32 Å². The van der Waals surface area contributed by atoms with Gasteiger partial charge in [0.1, 0.15) is 0 Å². The first kappa shape index (κ1) is 9.25. The van der Waals surface area contributed by atoms with Crippen LogP contribution in [-0.2, 0) is 0 Å². The molecular formula is C9H9N2O2. The molecule has 0 aromatic heterocycles. The van der Waals surface area contributed by atoms with Crippen LogP contribution in [0.4, 0.5) is 10.5 Å². The van der Waals surface area contributed by atoms with E-state index in [1.807, 2.05) is 0 Å². The largest absolute Gasteiger partial charge is 0.337 e. The normalized spacial score (nSPS) is 9.31. The van der Waals surface area contributed by atoms with Gasteiger partial charge in [-0.15, -0.1) is 0 Å². The second kappa shape index (κ2) is 3.71. The number of hydrogen-bond donors (Lipinski definition) is 1. The average Bonchev–Trinajstić information content (AvgIpc) is 2.03. The molecule has 2 N–H and O–H groups in total. The molecule has 0 spiro atoms. The number of anilines is 1. The van der Waals surface area contributed by atoms with E-state index in [1.165, 1.54) is 13.0 Å². The van der Waals surface area contributed by atoms with Crippen LogP contribution in [0, 0.1) is 0 Å². The van der Waals surface area contributed by atoms with Gasteiger partial charge in [-0.25, -0.2) is 10.5 Å². The minimum Gasteiger partial charge on any atom is -0.307 e. The monoisotopic (exact) mass is 177 g/mol. The lowest BCUT2D eigenvalue weighted by atomic mass is 10.1. The summed E-state index contributed by atoms with van der Waals surface area (Å²) in [5.74, 6) is -0.0684. The molecular weight excluding hydrogens is 168 g/mol. The topological polar surface area (TPSA) is 70.0 Å². The fourth-order valence-electron chi connectivity index (χ4n) is 0.947. The Balaban J connectivity index is 2.91. The van der Waals surface area contributed by atoms with Crippen molar-refractivity contribution in [3.63, 3.8) is 0 Å². The van der Waals surface area contributed by atoms with Crippen LogP contribution in [0.15, 0.2) is 24.3 Å². The van der Waals surface area contributed by atoms with Crippen LogP contribution in [-0.4, -0.2) is 11.8 Å². The minimum atomic E-state index is -0.888. The fraction of sp³-hybridized carbons (Fsp3) is 0.111. The predicted molar refractivity (Wildman–Crippen MR) is 48.6 cm³/mol. The molecule has 0 bridgehead atoms. The second-order valence-electron chi connectivity index (χ2n) is 2.59. The molecule has 0 saturated carbocycles. The van der Waals surface area contributed by atoms with E-state index < -0.39 is 6.03 Å². The van der Waals surface area contributed by atoms with Crippen molar-refractivity contribution in [2.45, 2.75) is 6.92 Å². The molecule has 67 valence electrons. The molecule has 4 heteroatoms. The molecule has 0 aliphatic rings.